The summed E-state index contributed by atoms with van der Waals surface area (Å²) in [6, 6.07) is 7.98. The van der Waals surface area contributed by atoms with Crippen LogP contribution < -0.4 is 0 Å². The van der Waals surface area contributed by atoms with Gasteiger partial charge in [0, 0.05) is 43.1 Å². The lowest BCUT2D eigenvalue weighted by Crippen LogP contribution is -2.38. The molecular weight excluding hydrogens is 338 g/mol. The van der Waals surface area contributed by atoms with Gasteiger partial charge < -0.3 is 14.8 Å². The van der Waals surface area contributed by atoms with Crippen molar-refractivity contribution in [3.8, 4) is 0 Å². The molecule has 0 radical (unpaired) electrons. The maximum Gasteiger partial charge on any atom is 0.254 e. The highest BCUT2D eigenvalue weighted by molar-refractivity contribution is 5.95. The number of aromatic amines is 1. The van der Waals surface area contributed by atoms with E-state index in [4.69, 9.17) is 0 Å². The van der Waals surface area contributed by atoms with Gasteiger partial charge in [0.2, 0.25) is 5.91 Å². The van der Waals surface area contributed by atoms with Crippen LogP contribution in [0.15, 0.2) is 24.3 Å². The zero-order chi connectivity index (χ0) is 19.6. The molecule has 0 aliphatic carbocycles. The van der Waals surface area contributed by atoms with Crippen LogP contribution in [0.5, 0.6) is 0 Å². The maximum atomic E-state index is 12.9. The smallest absolute Gasteiger partial charge is 0.254 e. The molecule has 0 unspecified atom stereocenters. The molecule has 1 saturated heterocycles. The lowest BCUT2D eigenvalue weighted by Gasteiger charge is -2.23. The summed E-state index contributed by atoms with van der Waals surface area (Å²) < 4.78 is 0. The van der Waals surface area contributed by atoms with Crippen LogP contribution in [0.25, 0.3) is 0 Å². The van der Waals surface area contributed by atoms with Crippen molar-refractivity contribution in [1.29, 1.82) is 0 Å². The van der Waals surface area contributed by atoms with Gasteiger partial charge in [-0.1, -0.05) is 17.7 Å². The molecule has 144 valence electrons. The average molecular weight is 367 g/mol. The van der Waals surface area contributed by atoms with Crippen molar-refractivity contribution in [2.24, 2.45) is 0 Å². The number of rotatable bonds is 3. The second kappa shape index (κ2) is 7.99. The van der Waals surface area contributed by atoms with Crippen LogP contribution in [0.4, 0.5) is 0 Å². The first kappa shape index (κ1) is 19.2. The molecule has 1 aromatic heterocycles. The van der Waals surface area contributed by atoms with Crippen LogP contribution in [0.2, 0.25) is 0 Å². The fourth-order valence-corrected chi connectivity index (χ4v) is 3.83. The number of carbonyl (C=O) groups is 2. The van der Waals surface area contributed by atoms with Crippen molar-refractivity contribution in [3.63, 3.8) is 0 Å². The summed E-state index contributed by atoms with van der Waals surface area (Å²) in [6.45, 7) is 10.6. The maximum absolute atomic E-state index is 12.9. The Morgan fingerprint density at radius 2 is 1.67 bits per heavy atom. The van der Waals surface area contributed by atoms with Crippen LogP contribution in [0.3, 0.4) is 0 Å². The van der Waals surface area contributed by atoms with Gasteiger partial charge in [0.15, 0.2) is 0 Å². The minimum Gasteiger partial charge on any atom is -0.362 e. The number of amides is 2. The second-order valence-electron chi connectivity index (χ2n) is 7.62. The summed E-state index contributed by atoms with van der Waals surface area (Å²) in [5, 5.41) is 0. The second-order valence-corrected chi connectivity index (χ2v) is 7.62. The summed E-state index contributed by atoms with van der Waals surface area (Å²) in [5.74, 6) is 0.205. The largest absolute Gasteiger partial charge is 0.362 e. The van der Waals surface area contributed by atoms with E-state index in [1.807, 2.05) is 61.8 Å². The van der Waals surface area contributed by atoms with Crippen molar-refractivity contribution < 1.29 is 9.59 Å². The number of carbonyl (C=O) groups excluding carboxylic acids is 2. The van der Waals surface area contributed by atoms with E-state index in [-0.39, 0.29) is 11.8 Å². The van der Waals surface area contributed by atoms with E-state index in [0.717, 1.165) is 40.1 Å². The third-order valence-corrected chi connectivity index (χ3v) is 5.35. The molecule has 0 bridgehead atoms. The molecule has 27 heavy (non-hydrogen) atoms. The van der Waals surface area contributed by atoms with Gasteiger partial charge in [-0.25, -0.2) is 0 Å². The quantitative estimate of drug-likeness (QED) is 0.906. The highest BCUT2D eigenvalue weighted by atomic mass is 16.2. The van der Waals surface area contributed by atoms with Gasteiger partial charge in [-0.15, -0.1) is 0 Å². The lowest BCUT2D eigenvalue weighted by atomic mass is 10.0. The molecule has 5 nitrogen and oxygen atoms in total. The van der Waals surface area contributed by atoms with Gasteiger partial charge in [-0.2, -0.15) is 0 Å². The number of hydrogen-bond acceptors (Lipinski definition) is 2. The number of H-pyrrole nitrogens is 1. The molecular formula is C22H29N3O2. The Hall–Kier alpha value is -2.56. The van der Waals surface area contributed by atoms with E-state index in [0.29, 0.717) is 32.6 Å². The first-order chi connectivity index (χ1) is 12.8. The molecule has 2 amide bonds. The fourth-order valence-electron chi connectivity index (χ4n) is 3.83. The predicted octanol–water partition coefficient (Wildman–Crippen LogP) is 3.17. The van der Waals surface area contributed by atoms with E-state index in [1.165, 1.54) is 0 Å². The van der Waals surface area contributed by atoms with Gasteiger partial charge in [-0.05, 0) is 57.4 Å². The summed E-state index contributed by atoms with van der Waals surface area (Å²) in [6.07, 6.45) is 1.23. The monoisotopic (exact) mass is 367 g/mol. The van der Waals surface area contributed by atoms with Crippen LogP contribution in [-0.4, -0.2) is 52.8 Å². The Kier molecular flexibility index (Phi) is 5.68. The molecule has 1 N–H and O–H groups in total. The van der Waals surface area contributed by atoms with E-state index in [1.54, 1.807) is 0 Å². The number of nitrogens with zero attached hydrogens (tertiary/aromatic N) is 2. The molecule has 0 spiro atoms. The molecule has 1 aliphatic heterocycles. The molecule has 3 rings (SSSR count). The van der Waals surface area contributed by atoms with Gasteiger partial charge in [0.05, 0.1) is 6.42 Å². The van der Waals surface area contributed by atoms with Crippen molar-refractivity contribution in [2.45, 2.75) is 40.5 Å². The van der Waals surface area contributed by atoms with Gasteiger partial charge >= 0.3 is 0 Å². The minimum absolute atomic E-state index is 0.0684. The Morgan fingerprint density at radius 1 is 0.963 bits per heavy atom. The number of nitrogens with one attached hydrogen (secondary N) is 1. The molecule has 5 heteroatoms. The standard InChI is InChI=1S/C22H29N3O2/c1-15-6-7-20(16(2)12-15)22(27)25-9-5-8-24(10-11-25)21(26)14-19-13-17(3)23-18(19)4/h6-7,12-13,23H,5,8-11,14H2,1-4H3. The van der Waals surface area contributed by atoms with E-state index in [2.05, 4.69) is 4.98 Å². The predicted molar refractivity (Wildman–Crippen MR) is 107 cm³/mol. The van der Waals surface area contributed by atoms with Gasteiger partial charge in [-0.3, -0.25) is 9.59 Å². The highest BCUT2D eigenvalue weighted by Gasteiger charge is 2.24. The molecule has 1 fully saturated rings. The number of aromatic nitrogens is 1. The summed E-state index contributed by atoms with van der Waals surface area (Å²) in [7, 11) is 0. The zero-order valence-electron chi connectivity index (χ0n) is 16.8. The van der Waals surface area contributed by atoms with Crippen LogP contribution in [0.1, 0.15) is 44.9 Å². The van der Waals surface area contributed by atoms with Crippen molar-refractivity contribution in [1.82, 2.24) is 14.8 Å². The van der Waals surface area contributed by atoms with Crippen LogP contribution >= 0.6 is 0 Å². The number of aryl methyl sites for hydroxylation is 4. The molecule has 1 aromatic carbocycles. The Labute approximate surface area is 161 Å². The highest BCUT2D eigenvalue weighted by Crippen LogP contribution is 2.16. The SMILES string of the molecule is Cc1ccc(C(=O)N2CCCN(C(=O)Cc3cc(C)[nH]c3C)CC2)c(C)c1. The van der Waals surface area contributed by atoms with Gasteiger partial charge in [0.25, 0.3) is 5.91 Å². The van der Waals surface area contributed by atoms with Crippen molar-refractivity contribution >= 4 is 11.8 Å². The van der Waals surface area contributed by atoms with E-state index < -0.39 is 0 Å². The van der Waals surface area contributed by atoms with Gasteiger partial charge in [0.1, 0.15) is 0 Å². The molecule has 0 atom stereocenters. The zero-order valence-corrected chi connectivity index (χ0v) is 16.8. The number of benzene rings is 1. The average Bonchev–Trinajstić information content (AvgIpc) is 2.81. The molecule has 1 aliphatic rings. The van der Waals surface area contributed by atoms with Crippen LogP contribution in [-0.2, 0) is 11.2 Å². The summed E-state index contributed by atoms with van der Waals surface area (Å²) in [4.78, 5) is 32.7. The summed E-state index contributed by atoms with van der Waals surface area (Å²) >= 11 is 0. The molecule has 2 aromatic rings. The first-order valence-corrected chi connectivity index (χ1v) is 9.64. The Bertz CT molecular complexity index is 853. The third kappa shape index (κ3) is 4.41. The number of hydrogen-bond donors (Lipinski definition) is 1. The van der Waals surface area contributed by atoms with Crippen molar-refractivity contribution in [2.75, 3.05) is 26.2 Å². The van der Waals surface area contributed by atoms with E-state index >= 15 is 0 Å². The summed E-state index contributed by atoms with van der Waals surface area (Å²) in [5.41, 5.74) is 6.13. The fraction of sp³-hybridized carbons (Fsp3) is 0.455. The topological polar surface area (TPSA) is 56.4 Å². The normalized spacial score (nSPS) is 15.0. The first-order valence-electron chi connectivity index (χ1n) is 9.64. The Morgan fingerprint density at radius 3 is 2.33 bits per heavy atom. The van der Waals surface area contributed by atoms with Crippen molar-refractivity contribution in [3.05, 3.63) is 57.9 Å². The third-order valence-electron chi connectivity index (χ3n) is 5.35. The Balaban J connectivity index is 1.63. The lowest BCUT2D eigenvalue weighted by molar-refractivity contribution is -0.130. The van der Waals surface area contributed by atoms with Crippen LogP contribution in [0, 0.1) is 27.7 Å². The molecule has 0 saturated carbocycles. The molecule has 2 heterocycles. The minimum atomic E-state index is 0.0684. The van der Waals surface area contributed by atoms with E-state index in [9.17, 15) is 9.59 Å².